The maximum atomic E-state index is 12.0. The van der Waals surface area contributed by atoms with E-state index in [1.165, 1.54) is 22.9 Å². The van der Waals surface area contributed by atoms with Gasteiger partial charge >= 0.3 is 5.97 Å². The van der Waals surface area contributed by atoms with E-state index in [9.17, 15) is 4.79 Å². The third-order valence-electron chi connectivity index (χ3n) is 4.69. The van der Waals surface area contributed by atoms with Crippen molar-refractivity contribution in [3.63, 3.8) is 0 Å². The molecule has 0 aliphatic carbocycles. The Balaban J connectivity index is 1.75. The summed E-state index contributed by atoms with van der Waals surface area (Å²) in [4.78, 5) is 16.8. The zero-order valence-corrected chi connectivity index (χ0v) is 16.9. The van der Waals surface area contributed by atoms with Gasteiger partial charge in [-0.2, -0.15) is 0 Å². The van der Waals surface area contributed by atoms with Crippen LogP contribution in [0.4, 0.5) is 0 Å². The Labute approximate surface area is 168 Å². The molecule has 0 amide bonds. The number of aryl methyl sites for hydroxylation is 2. The molecule has 2 heterocycles. The van der Waals surface area contributed by atoms with E-state index in [0.29, 0.717) is 11.6 Å². The molecule has 0 unspecified atom stereocenters. The molecule has 2 aromatic carbocycles. The first kappa shape index (κ1) is 18.6. The number of carbonyl (C=O) groups is 1. The predicted molar refractivity (Wildman–Crippen MR) is 110 cm³/mol. The molecule has 6 heteroatoms. The van der Waals surface area contributed by atoms with Crippen molar-refractivity contribution in [2.45, 2.75) is 43.7 Å². The molecule has 1 aliphatic heterocycles. The van der Waals surface area contributed by atoms with Gasteiger partial charge in [-0.15, -0.1) is 10.2 Å². The number of carbonyl (C=O) groups excluding carboxylic acids is 1. The van der Waals surface area contributed by atoms with E-state index in [1.807, 2.05) is 31.2 Å². The van der Waals surface area contributed by atoms with Crippen molar-refractivity contribution in [3.8, 4) is 22.5 Å². The Hall–Kier alpha value is -2.73. The second-order valence-electron chi connectivity index (χ2n) is 7.11. The molecular weight excluding hydrogens is 370 g/mol. The second kappa shape index (κ2) is 7.72. The van der Waals surface area contributed by atoms with Crippen molar-refractivity contribution in [2.75, 3.05) is 0 Å². The molecule has 0 spiro atoms. The molecule has 0 bridgehead atoms. The van der Waals surface area contributed by atoms with E-state index in [-0.39, 0.29) is 17.3 Å². The average molecular weight is 391 g/mol. The smallest absolute Gasteiger partial charge is 0.319 e. The zero-order chi connectivity index (χ0) is 19.7. The number of esters is 1. The highest BCUT2D eigenvalue weighted by Crippen LogP contribution is 2.34. The fourth-order valence-corrected chi connectivity index (χ4v) is 4.13. The maximum absolute atomic E-state index is 12.0. The number of aromatic nitrogens is 3. The summed E-state index contributed by atoms with van der Waals surface area (Å²) in [5.74, 6) is -0.208. The molecule has 0 radical (unpaired) electrons. The minimum atomic E-state index is -0.284. The third-order valence-corrected chi connectivity index (χ3v) is 5.74. The number of hydrogen-bond donors (Lipinski definition) is 0. The lowest BCUT2D eigenvalue weighted by molar-refractivity contribution is -0.140. The highest BCUT2D eigenvalue weighted by Gasteiger charge is 2.33. The van der Waals surface area contributed by atoms with Crippen molar-refractivity contribution < 1.29 is 9.53 Å². The topological polar surface area (TPSA) is 65.0 Å². The molecule has 5 nitrogen and oxygen atoms in total. The number of ether oxygens (including phenoxy) is 1. The van der Waals surface area contributed by atoms with E-state index in [1.54, 1.807) is 0 Å². The number of rotatable bonds is 4. The Morgan fingerprint density at radius 3 is 2.00 bits per heavy atom. The molecule has 1 saturated heterocycles. The number of thioether (sulfide) groups is 1. The van der Waals surface area contributed by atoms with Gasteiger partial charge in [0.15, 0.2) is 0 Å². The van der Waals surface area contributed by atoms with E-state index >= 15 is 0 Å². The van der Waals surface area contributed by atoms with Gasteiger partial charge in [-0.1, -0.05) is 71.4 Å². The van der Waals surface area contributed by atoms with Gasteiger partial charge < -0.3 is 4.74 Å². The zero-order valence-electron chi connectivity index (χ0n) is 16.0. The molecule has 3 aromatic rings. The molecule has 28 heavy (non-hydrogen) atoms. The van der Waals surface area contributed by atoms with Gasteiger partial charge in [0.2, 0.25) is 5.16 Å². The highest BCUT2D eigenvalue weighted by atomic mass is 32.2. The van der Waals surface area contributed by atoms with Crippen molar-refractivity contribution in [2.24, 2.45) is 0 Å². The van der Waals surface area contributed by atoms with Crippen LogP contribution in [0.2, 0.25) is 0 Å². The summed E-state index contributed by atoms with van der Waals surface area (Å²) in [6, 6.07) is 16.3. The maximum Gasteiger partial charge on any atom is 0.319 e. The Morgan fingerprint density at radius 1 is 0.893 bits per heavy atom. The van der Waals surface area contributed by atoms with Crippen LogP contribution in [0, 0.1) is 13.8 Å². The van der Waals surface area contributed by atoms with Gasteiger partial charge in [-0.25, -0.2) is 4.98 Å². The fraction of sp³-hybridized carbons (Fsp3) is 0.273. The second-order valence-corrected chi connectivity index (χ2v) is 8.28. The normalized spacial score (nSPS) is 18.9. The van der Waals surface area contributed by atoms with Crippen LogP contribution in [-0.4, -0.2) is 32.5 Å². The molecule has 142 valence electrons. The van der Waals surface area contributed by atoms with Crippen LogP contribution in [-0.2, 0) is 9.53 Å². The van der Waals surface area contributed by atoms with Crippen molar-refractivity contribution >= 4 is 17.7 Å². The van der Waals surface area contributed by atoms with Crippen LogP contribution in [0.1, 0.15) is 24.5 Å². The first-order chi connectivity index (χ1) is 13.5. The minimum absolute atomic E-state index is 0.0682. The minimum Gasteiger partial charge on any atom is -0.462 e. The lowest BCUT2D eigenvalue weighted by Crippen LogP contribution is -2.11. The molecule has 1 fully saturated rings. The summed E-state index contributed by atoms with van der Waals surface area (Å²) in [7, 11) is 0. The van der Waals surface area contributed by atoms with Gasteiger partial charge in [0, 0.05) is 17.5 Å². The van der Waals surface area contributed by atoms with Crippen LogP contribution >= 0.6 is 11.8 Å². The SMILES string of the molecule is Cc1ccc(-c2nnc(S[C@H]3C[C@H](C)OC3=O)nc2-c2ccc(C)cc2)cc1. The monoisotopic (exact) mass is 391 g/mol. The molecule has 0 N–H and O–H groups in total. The number of nitrogens with zero attached hydrogens (tertiary/aromatic N) is 3. The van der Waals surface area contributed by atoms with Crippen molar-refractivity contribution in [1.82, 2.24) is 15.2 Å². The summed E-state index contributed by atoms with van der Waals surface area (Å²) >= 11 is 1.32. The molecule has 2 atom stereocenters. The summed E-state index contributed by atoms with van der Waals surface area (Å²) < 4.78 is 5.24. The third kappa shape index (κ3) is 3.92. The molecule has 0 saturated carbocycles. The standard InChI is InChI=1S/C22H21N3O2S/c1-13-4-8-16(9-5-13)19-20(17-10-6-14(2)7-11-17)24-25-22(23-19)28-18-12-15(3)27-21(18)26/h4-11,15,18H,12H2,1-3H3/t15-,18-/m0/s1. The lowest BCUT2D eigenvalue weighted by atomic mass is 10.0. The van der Waals surface area contributed by atoms with Gasteiger partial charge in [0.05, 0.1) is 0 Å². The molecule has 1 aromatic heterocycles. The van der Waals surface area contributed by atoms with Crippen LogP contribution in [0.25, 0.3) is 22.5 Å². The van der Waals surface area contributed by atoms with Gasteiger partial charge in [-0.05, 0) is 20.8 Å². The number of cyclic esters (lactones) is 1. The first-order valence-corrected chi connectivity index (χ1v) is 10.1. The largest absolute Gasteiger partial charge is 0.462 e. The summed E-state index contributed by atoms with van der Waals surface area (Å²) in [5, 5.41) is 8.98. The van der Waals surface area contributed by atoms with E-state index in [2.05, 4.69) is 48.3 Å². The average Bonchev–Trinajstić information content (AvgIpc) is 3.00. The van der Waals surface area contributed by atoms with Gasteiger partial charge in [0.25, 0.3) is 0 Å². The summed E-state index contributed by atoms with van der Waals surface area (Å²) in [6.45, 7) is 6.00. The molecular formula is C22H21N3O2S. The Kier molecular flexibility index (Phi) is 5.13. The van der Waals surface area contributed by atoms with Crippen LogP contribution < -0.4 is 0 Å². The van der Waals surface area contributed by atoms with E-state index in [4.69, 9.17) is 9.72 Å². The predicted octanol–water partition coefficient (Wildman–Crippen LogP) is 4.62. The summed E-state index contributed by atoms with van der Waals surface area (Å²) in [5.41, 5.74) is 5.80. The van der Waals surface area contributed by atoms with Crippen molar-refractivity contribution in [1.29, 1.82) is 0 Å². The van der Waals surface area contributed by atoms with Gasteiger partial charge in [0.1, 0.15) is 22.7 Å². The Morgan fingerprint density at radius 2 is 1.46 bits per heavy atom. The number of benzene rings is 2. The summed E-state index contributed by atoms with van der Waals surface area (Å²) in [6.07, 6.45) is 0.591. The molecule has 1 aliphatic rings. The Bertz CT molecular complexity index is 1000. The van der Waals surface area contributed by atoms with E-state index in [0.717, 1.165) is 22.5 Å². The van der Waals surface area contributed by atoms with Gasteiger partial charge in [-0.3, -0.25) is 4.79 Å². The lowest BCUT2D eigenvalue weighted by Gasteiger charge is -2.11. The van der Waals surface area contributed by atoms with Crippen molar-refractivity contribution in [3.05, 3.63) is 59.7 Å². The van der Waals surface area contributed by atoms with Crippen LogP contribution in [0.3, 0.4) is 0 Å². The van der Waals surface area contributed by atoms with E-state index < -0.39 is 0 Å². The van der Waals surface area contributed by atoms with Crippen LogP contribution in [0.5, 0.6) is 0 Å². The quantitative estimate of drug-likeness (QED) is 0.605. The number of hydrogen-bond acceptors (Lipinski definition) is 6. The van der Waals surface area contributed by atoms with Crippen LogP contribution in [0.15, 0.2) is 53.7 Å². The molecule has 4 rings (SSSR count). The highest BCUT2D eigenvalue weighted by molar-refractivity contribution is 8.00. The fourth-order valence-electron chi connectivity index (χ4n) is 3.12. The first-order valence-electron chi connectivity index (χ1n) is 9.25.